The molecule has 16 heteroatoms. The smallest absolute Gasteiger partial charge is 0.408 e. The molecule has 16 nitrogen and oxygen atoms in total. The number of aliphatic carboxylic acids is 3. The van der Waals surface area contributed by atoms with Crippen molar-refractivity contribution in [2.75, 3.05) is 65.9 Å². The van der Waals surface area contributed by atoms with Crippen molar-refractivity contribution in [3.8, 4) is 0 Å². The summed E-state index contributed by atoms with van der Waals surface area (Å²) in [4.78, 5) is 56.7. The van der Waals surface area contributed by atoms with E-state index >= 15 is 0 Å². The molecule has 0 aromatic carbocycles. The van der Waals surface area contributed by atoms with Crippen molar-refractivity contribution < 1.29 is 63.0 Å². The molecule has 2 amide bonds. The molecule has 0 heterocycles. The van der Waals surface area contributed by atoms with Gasteiger partial charge in [-0.3, -0.25) is 9.59 Å². The number of hydrogen-bond acceptors (Lipinski definition) is 11. The van der Waals surface area contributed by atoms with Gasteiger partial charge in [0.1, 0.15) is 6.04 Å². The SMILES string of the molecule is NCCOCCOCCOCCOCCC(=O)NCCCC[C@H](NC(=O)O[C@@H](CCC(=O)O)C(=O)O)C(=O)O. The highest BCUT2D eigenvalue weighted by Crippen LogP contribution is 2.06. The van der Waals surface area contributed by atoms with Crippen molar-refractivity contribution in [2.24, 2.45) is 5.73 Å². The van der Waals surface area contributed by atoms with Gasteiger partial charge in [0, 0.05) is 32.4 Å². The Morgan fingerprint density at radius 3 is 1.77 bits per heavy atom. The summed E-state index contributed by atoms with van der Waals surface area (Å²) in [5.74, 6) is -4.40. The molecule has 0 fully saturated rings. The maximum atomic E-state index is 11.9. The van der Waals surface area contributed by atoms with E-state index in [-0.39, 0.29) is 31.9 Å². The quantitative estimate of drug-likeness (QED) is 0.0700. The number of amides is 2. The first-order valence-corrected chi connectivity index (χ1v) is 12.6. The van der Waals surface area contributed by atoms with E-state index in [1.54, 1.807) is 0 Å². The summed E-state index contributed by atoms with van der Waals surface area (Å²) in [5.41, 5.74) is 5.29. The van der Waals surface area contributed by atoms with Crippen LogP contribution in [0.3, 0.4) is 0 Å². The molecule has 0 bridgehead atoms. The molecule has 226 valence electrons. The summed E-state index contributed by atoms with van der Waals surface area (Å²) in [5, 5.41) is 31.6. The Labute approximate surface area is 226 Å². The first-order chi connectivity index (χ1) is 18.7. The van der Waals surface area contributed by atoms with Crippen LogP contribution in [-0.2, 0) is 42.9 Å². The van der Waals surface area contributed by atoms with E-state index < -0.39 is 49.0 Å². The van der Waals surface area contributed by atoms with Gasteiger partial charge in [0.15, 0.2) is 0 Å². The van der Waals surface area contributed by atoms with E-state index in [0.717, 1.165) is 0 Å². The van der Waals surface area contributed by atoms with Gasteiger partial charge in [0.05, 0.1) is 52.9 Å². The summed E-state index contributed by atoms with van der Waals surface area (Å²) in [6, 6.07) is -1.35. The second kappa shape index (κ2) is 24.0. The van der Waals surface area contributed by atoms with Crippen LogP contribution in [0.5, 0.6) is 0 Å². The third kappa shape index (κ3) is 22.6. The molecule has 0 aromatic rings. The minimum Gasteiger partial charge on any atom is -0.481 e. The van der Waals surface area contributed by atoms with Crippen molar-refractivity contribution in [2.45, 2.75) is 50.7 Å². The predicted molar refractivity (Wildman–Crippen MR) is 133 cm³/mol. The van der Waals surface area contributed by atoms with Gasteiger partial charge in [0.2, 0.25) is 12.0 Å². The molecule has 0 aliphatic rings. The zero-order chi connectivity index (χ0) is 29.3. The molecule has 0 unspecified atom stereocenters. The van der Waals surface area contributed by atoms with Crippen LogP contribution in [0.2, 0.25) is 0 Å². The second-order valence-electron chi connectivity index (χ2n) is 8.03. The number of alkyl carbamates (subject to hydrolysis) is 1. The number of nitrogens with two attached hydrogens (primary N) is 1. The summed E-state index contributed by atoms with van der Waals surface area (Å²) < 4.78 is 25.8. The van der Waals surface area contributed by atoms with Crippen LogP contribution >= 0.6 is 0 Å². The van der Waals surface area contributed by atoms with Gasteiger partial charge in [-0.2, -0.15) is 0 Å². The summed E-state index contributed by atoms with van der Waals surface area (Å²) in [6.45, 7) is 3.94. The number of rotatable bonds is 26. The molecule has 0 radical (unpaired) electrons. The largest absolute Gasteiger partial charge is 0.481 e. The third-order valence-electron chi connectivity index (χ3n) is 4.83. The highest BCUT2D eigenvalue weighted by Gasteiger charge is 2.26. The van der Waals surface area contributed by atoms with Crippen molar-refractivity contribution in [3.05, 3.63) is 0 Å². The van der Waals surface area contributed by atoms with Crippen LogP contribution in [0.15, 0.2) is 0 Å². The first kappa shape index (κ1) is 35.9. The van der Waals surface area contributed by atoms with Crippen LogP contribution in [-0.4, -0.2) is 123 Å². The van der Waals surface area contributed by atoms with Gasteiger partial charge < -0.3 is 55.4 Å². The number of unbranched alkanes of at least 4 members (excludes halogenated alkanes) is 1. The molecule has 0 aliphatic heterocycles. The fraction of sp³-hybridized carbons (Fsp3) is 0.783. The van der Waals surface area contributed by atoms with Crippen LogP contribution in [0.25, 0.3) is 0 Å². The van der Waals surface area contributed by atoms with Crippen molar-refractivity contribution in [3.63, 3.8) is 0 Å². The Kier molecular flexibility index (Phi) is 22.1. The lowest BCUT2D eigenvalue weighted by Gasteiger charge is -2.17. The molecule has 7 N–H and O–H groups in total. The number of carbonyl (C=O) groups excluding carboxylic acids is 2. The lowest BCUT2D eigenvalue weighted by atomic mass is 10.1. The molecule has 0 aromatic heterocycles. The standard InChI is InChI=1S/C23H41N3O13/c24-7-10-36-12-14-38-16-15-37-13-11-35-9-6-19(27)25-8-2-1-3-17(21(30)31)26-23(34)39-18(22(32)33)4-5-20(28)29/h17-18H,1-16,24H2,(H,25,27)(H,26,34)(H,28,29)(H,30,31)(H,32,33)/t17-,18-/m0/s1. The topological polar surface area (TPSA) is 242 Å². The lowest BCUT2D eigenvalue weighted by Crippen LogP contribution is -2.43. The van der Waals surface area contributed by atoms with E-state index in [0.29, 0.717) is 65.6 Å². The molecular formula is C23H41N3O13. The van der Waals surface area contributed by atoms with Gasteiger partial charge in [-0.05, 0) is 19.3 Å². The third-order valence-corrected chi connectivity index (χ3v) is 4.83. The van der Waals surface area contributed by atoms with Gasteiger partial charge in [-0.1, -0.05) is 0 Å². The van der Waals surface area contributed by atoms with Crippen molar-refractivity contribution in [1.29, 1.82) is 0 Å². The Balaban J connectivity index is 3.86. The average molecular weight is 568 g/mol. The molecule has 0 spiro atoms. The molecule has 39 heavy (non-hydrogen) atoms. The zero-order valence-electron chi connectivity index (χ0n) is 22.0. The van der Waals surface area contributed by atoms with E-state index in [1.165, 1.54) is 0 Å². The molecule has 0 saturated carbocycles. The highest BCUT2D eigenvalue weighted by molar-refractivity contribution is 5.82. The monoisotopic (exact) mass is 567 g/mol. The zero-order valence-corrected chi connectivity index (χ0v) is 22.0. The number of ether oxygens (including phenoxy) is 5. The fourth-order valence-corrected chi connectivity index (χ4v) is 2.85. The maximum absolute atomic E-state index is 11.9. The summed E-state index contributed by atoms with van der Waals surface area (Å²) >= 11 is 0. The van der Waals surface area contributed by atoms with Gasteiger partial charge >= 0.3 is 24.0 Å². The number of hydrogen-bond donors (Lipinski definition) is 6. The van der Waals surface area contributed by atoms with Crippen LogP contribution in [0.4, 0.5) is 4.79 Å². The number of nitrogens with one attached hydrogen (secondary N) is 2. The van der Waals surface area contributed by atoms with Gasteiger partial charge in [-0.15, -0.1) is 0 Å². The molecule has 0 saturated heterocycles. The number of carbonyl (C=O) groups is 5. The molecule has 0 aliphatic carbocycles. The van der Waals surface area contributed by atoms with E-state index in [1.807, 2.05) is 0 Å². The molecule has 2 atom stereocenters. The van der Waals surface area contributed by atoms with Crippen molar-refractivity contribution >= 4 is 29.9 Å². The van der Waals surface area contributed by atoms with Crippen LogP contribution < -0.4 is 16.4 Å². The van der Waals surface area contributed by atoms with Crippen LogP contribution in [0.1, 0.15) is 38.5 Å². The number of carboxylic acids is 3. The van der Waals surface area contributed by atoms with Crippen LogP contribution in [0, 0.1) is 0 Å². The summed E-state index contributed by atoms with van der Waals surface area (Å²) in [7, 11) is 0. The normalized spacial score (nSPS) is 12.3. The Bertz CT molecular complexity index is 723. The van der Waals surface area contributed by atoms with Crippen molar-refractivity contribution in [1.82, 2.24) is 10.6 Å². The Morgan fingerprint density at radius 1 is 0.692 bits per heavy atom. The molecule has 0 rings (SSSR count). The van der Waals surface area contributed by atoms with E-state index in [4.69, 9.17) is 34.9 Å². The Morgan fingerprint density at radius 2 is 1.26 bits per heavy atom. The van der Waals surface area contributed by atoms with Gasteiger partial charge in [-0.25, -0.2) is 14.4 Å². The van der Waals surface area contributed by atoms with E-state index in [2.05, 4.69) is 15.4 Å². The Hall–Kier alpha value is -3.05. The maximum Gasteiger partial charge on any atom is 0.408 e. The number of carboxylic acid groups (broad SMARTS) is 3. The minimum atomic E-state index is -1.72. The molecular weight excluding hydrogens is 526 g/mol. The first-order valence-electron chi connectivity index (χ1n) is 12.6. The lowest BCUT2D eigenvalue weighted by molar-refractivity contribution is -0.148. The average Bonchev–Trinajstić information content (AvgIpc) is 2.87. The second-order valence-corrected chi connectivity index (χ2v) is 8.03. The van der Waals surface area contributed by atoms with E-state index in [9.17, 15) is 29.1 Å². The summed E-state index contributed by atoms with van der Waals surface area (Å²) in [6.07, 6.45) is -3.10. The minimum absolute atomic E-state index is 0.00336. The predicted octanol–water partition coefficient (Wildman–Crippen LogP) is -0.814. The van der Waals surface area contributed by atoms with Gasteiger partial charge in [0.25, 0.3) is 0 Å². The fourth-order valence-electron chi connectivity index (χ4n) is 2.85. The highest BCUT2D eigenvalue weighted by atomic mass is 16.6.